The Balaban J connectivity index is -0.000000666. The predicted octanol–water partition coefficient (Wildman–Crippen LogP) is 7.01. The number of hydrogen-bond acceptors (Lipinski definition) is 10. The minimum Gasteiger partial charge on any atom is -0.502 e. The molecule has 0 aliphatic carbocycles. The highest BCUT2D eigenvalue weighted by Gasteiger charge is 2.23. The van der Waals surface area contributed by atoms with Crippen molar-refractivity contribution in [2.45, 2.75) is 105 Å². The summed E-state index contributed by atoms with van der Waals surface area (Å²) in [5, 5.41) is 10.2. The van der Waals surface area contributed by atoms with Crippen molar-refractivity contribution in [3.05, 3.63) is 28.4 Å². The number of aryl methyl sites for hydroxylation is 1. The van der Waals surface area contributed by atoms with Crippen molar-refractivity contribution in [3.63, 3.8) is 0 Å². The molecule has 14 heteroatoms. The number of carbonyl (C=O) groups excluding carboxylic acids is 4. The molecule has 3 amide bonds. The summed E-state index contributed by atoms with van der Waals surface area (Å²) in [6.07, 6.45) is 13.2. The van der Waals surface area contributed by atoms with Crippen LogP contribution in [0.15, 0.2) is 17.7 Å². The first-order chi connectivity index (χ1) is 22.8. The lowest BCUT2D eigenvalue weighted by Crippen LogP contribution is -2.49. The second kappa shape index (κ2) is 29.3. The molecule has 0 saturated heterocycles. The average molecular weight is 753 g/mol. The third kappa shape index (κ3) is 28.0. The van der Waals surface area contributed by atoms with Crippen molar-refractivity contribution in [2.24, 2.45) is 5.92 Å². The maximum Gasteiger partial charge on any atom is 0.407 e. The van der Waals surface area contributed by atoms with Gasteiger partial charge in [-0.25, -0.2) is 19.8 Å². The first kappa shape index (κ1) is 50.9. The standard InChI is InChI=1S/C13H19N3O4S2.C11H23NO2.C7H18S.C4H8O/c1-3-4-10-15-9(7-22-10)13(19)16-8(6-21)12(18)14-5-11(17)20-2;1-4-7-10(8-5-2)9-12-11(13)14-6-3;1-7(2,3)8(4,5)6;1-4(2)5-3/h7-8,21H,3-6H2,1-2H3,(H,14,18)(H,16,19);10H,4-9H2,1-3H3,(H,12,13);1-6H3;1H2,2-3H3. The SMILES string of the molecule is C=C(C)OC.CC(C)(C)S(C)(C)C.CCCC(CCC)CNC(=O)OCC.CCCc1nc(C(=O)NC(CS)C(=O)NCC(=O)OC)cs1. The Labute approximate surface area is 308 Å². The van der Waals surface area contributed by atoms with Crippen LogP contribution in [0.1, 0.15) is 103 Å². The van der Waals surface area contributed by atoms with Crippen molar-refractivity contribution in [1.82, 2.24) is 20.9 Å². The van der Waals surface area contributed by atoms with E-state index in [1.54, 1.807) is 19.4 Å². The normalized spacial score (nSPS) is 11.5. The van der Waals surface area contributed by atoms with E-state index < -0.39 is 23.8 Å². The van der Waals surface area contributed by atoms with E-state index in [1.807, 2.05) is 13.8 Å². The van der Waals surface area contributed by atoms with Gasteiger partial charge in [0.2, 0.25) is 5.91 Å². The molecule has 1 heterocycles. The lowest BCUT2D eigenvalue weighted by atomic mass is 9.98. The number of aromatic nitrogens is 1. The first-order valence-corrected chi connectivity index (χ1v) is 21.1. The summed E-state index contributed by atoms with van der Waals surface area (Å²) >= 11 is 5.45. The number of thiazole rings is 1. The number of thiol groups is 1. The van der Waals surface area contributed by atoms with Gasteiger partial charge in [-0.05, 0) is 69.0 Å². The smallest absolute Gasteiger partial charge is 0.407 e. The molecular formula is C35H68N4O7S3. The summed E-state index contributed by atoms with van der Waals surface area (Å²) in [7, 11) is 2.48. The van der Waals surface area contributed by atoms with Crippen LogP contribution < -0.4 is 16.0 Å². The molecule has 0 aliphatic heterocycles. The van der Waals surface area contributed by atoms with Crippen LogP contribution in [0.2, 0.25) is 0 Å². The number of nitrogens with one attached hydrogen (secondary N) is 3. The second-order valence-corrected chi connectivity index (χ2v) is 19.0. The number of amides is 3. The average Bonchev–Trinajstić information content (AvgIpc) is 3.50. The Hall–Kier alpha value is -2.45. The summed E-state index contributed by atoms with van der Waals surface area (Å²) in [4.78, 5) is 50.1. The van der Waals surface area contributed by atoms with E-state index in [1.165, 1.54) is 44.1 Å². The summed E-state index contributed by atoms with van der Waals surface area (Å²) in [6.45, 7) is 21.3. The molecule has 1 aromatic heterocycles. The van der Waals surface area contributed by atoms with E-state index in [4.69, 9.17) is 4.74 Å². The zero-order chi connectivity index (χ0) is 38.6. The van der Waals surface area contributed by atoms with Gasteiger partial charge >= 0.3 is 12.1 Å². The highest BCUT2D eigenvalue weighted by Crippen LogP contribution is 2.48. The lowest BCUT2D eigenvalue weighted by Gasteiger charge is -2.40. The van der Waals surface area contributed by atoms with Crippen molar-refractivity contribution in [3.8, 4) is 0 Å². The van der Waals surface area contributed by atoms with Gasteiger partial charge in [0.1, 0.15) is 18.3 Å². The number of hydrogen-bond donors (Lipinski definition) is 4. The van der Waals surface area contributed by atoms with Gasteiger partial charge in [0.05, 0.1) is 31.6 Å². The highest BCUT2D eigenvalue weighted by molar-refractivity contribution is 8.33. The number of rotatable bonds is 16. The fourth-order valence-electron chi connectivity index (χ4n) is 3.10. The molecule has 0 spiro atoms. The van der Waals surface area contributed by atoms with Gasteiger partial charge in [-0.15, -0.1) is 11.3 Å². The zero-order valence-corrected chi connectivity index (χ0v) is 35.1. The molecule has 1 rings (SSSR count). The Morgan fingerprint density at radius 3 is 1.90 bits per heavy atom. The van der Waals surface area contributed by atoms with E-state index in [0.717, 1.165) is 30.2 Å². The largest absolute Gasteiger partial charge is 0.502 e. The number of alkyl carbamates (subject to hydrolysis) is 1. The van der Waals surface area contributed by atoms with Gasteiger partial charge in [0, 0.05) is 17.7 Å². The molecule has 1 aromatic rings. The third-order valence-electron chi connectivity index (χ3n) is 7.08. The predicted molar refractivity (Wildman–Crippen MR) is 212 cm³/mol. The number of esters is 1. The van der Waals surface area contributed by atoms with Crippen LogP contribution in [-0.4, -0.2) is 98.1 Å². The minimum absolute atomic E-state index is 0.102. The van der Waals surface area contributed by atoms with Gasteiger partial charge in [-0.1, -0.05) is 61.0 Å². The van der Waals surface area contributed by atoms with E-state index >= 15 is 0 Å². The molecule has 0 radical (unpaired) electrons. The molecule has 1 unspecified atom stereocenters. The second-order valence-electron chi connectivity index (χ2n) is 12.8. The fourth-order valence-corrected chi connectivity index (χ4v) is 4.24. The van der Waals surface area contributed by atoms with E-state index in [2.05, 4.69) is 103 Å². The summed E-state index contributed by atoms with van der Waals surface area (Å²) in [5.74, 6) is -0.0469. The van der Waals surface area contributed by atoms with Crippen LogP contribution in [0.4, 0.5) is 4.79 Å². The van der Waals surface area contributed by atoms with Gasteiger partial charge in [-0.3, -0.25) is 14.4 Å². The van der Waals surface area contributed by atoms with E-state index in [-0.39, 0.29) is 34.1 Å². The Bertz CT molecular complexity index is 1050. The van der Waals surface area contributed by atoms with Crippen molar-refractivity contribution < 1.29 is 33.4 Å². The maximum atomic E-state index is 12.1. The lowest BCUT2D eigenvalue weighted by molar-refractivity contribution is -0.141. The quantitative estimate of drug-likeness (QED) is 0.0803. The molecule has 0 bridgehead atoms. The highest BCUT2D eigenvalue weighted by atomic mass is 32.3. The monoisotopic (exact) mass is 752 g/mol. The van der Waals surface area contributed by atoms with Crippen LogP contribution >= 0.6 is 34.0 Å². The number of carbonyl (C=O) groups is 4. The molecule has 1 atom stereocenters. The van der Waals surface area contributed by atoms with Crippen molar-refractivity contribution >= 4 is 57.9 Å². The van der Waals surface area contributed by atoms with Crippen LogP contribution in [-0.2, 0) is 30.2 Å². The Kier molecular flexibility index (Phi) is 30.4. The Morgan fingerprint density at radius 2 is 1.51 bits per heavy atom. The van der Waals surface area contributed by atoms with Gasteiger partial charge in [-0.2, -0.15) is 12.6 Å². The molecule has 0 aliphatic rings. The number of allylic oxidation sites excluding steroid dienone is 1. The van der Waals surface area contributed by atoms with Gasteiger partial charge in [0.25, 0.3) is 5.91 Å². The molecular weight excluding hydrogens is 685 g/mol. The number of nitrogens with zero attached hydrogens (tertiary/aromatic N) is 1. The van der Waals surface area contributed by atoms with Crippen molar-refractivity contribution in [1.29, 1.82) is 0 Å². The van der Waals surface area contributed by atoms with Gasteiger partial charge in [0.15, 0.2) is 0 Å². The molecule has 0 fully saturated rings. The molecule has 49 heavy (non-hydrogen) atoms. The number of ether oxygens (including phenoxy) is 3. The van der Waals surface area contributed by atoms with Crippen LogP contribution in [0.25, 0.3) is 0 Å². The zero-order valence-electron chi connectivity index (χ0n) is 32.6. The molecule has 0 saturated carbocycles. The Morgan fingerprint density at radius 1 is 0.980 bits per heavy atom. The van der Waals surface area contributed by atoms with E-state index in [9.17, 15) is 19.2 Å². The minimum atomic E-state index is -0.850. The van der Waals surface area contributed by atoms with Crippen LogP contribution in [0.3, 0.4) is 0 Å². The molecule has 3 N–H and O–H groups in total. The summed E-state index contributed by atoms with van der Waals surface area (Å²) in [5.41, 5.74) is 0.279. The third-order valence-corrected chi connectivity index (χ3v) is 12.0. The molecule has 0 aromatic carbocycles. The molecule has 11 nitrogen and oxygen atoms in total. The van der Waals surface area contributed by atoms with Crippen LogP contribution in [0, 0.1) is 5.92 Å². The first-order valence-electron chi connectivity index (χ1n) is 16.8. The maximum absolute atomic E-state index is 12.1. The molecule has 288 valence electrons. The topological polar surface area (TPSA) is 145 Å². The van der Waals surface area contributed by atoms with Crippen LogP contribution in [0.5, 0.6) is 0 Å². The van der Waals surface area contributed by atoms with E-state index in [0.29, 0.717) is 17.3 Å². The number of methoxy groups -OCH3 is 2. The van der Waals surface area contributed by atoms with Gasteiger partial charge < -0.3 is 30.2 Å². The summed E-state index contributed by atoms with van der Waals surface area (Å²) in [6, 6.07) is -0.850. The fraction of sp³-hybridized carbons (Fsp3) is 0.743. The van der Waals surface area contributed by atoms with Crippen molar-refractivity contribution in [2.75, 3.05) is 58.4 Å². The summed E-state index contributed by atoms with van der Waals surface area (Å²) < 4.78 is 14.3.